The third-order valence-electron chi connectivity index (χ3n) is 4.81. The summed E-state index contributed by atoms with van der Waals surface area (Å²) < 4.78 is 1.42. The Morgan fingerprint density at radius 1 is 1.36 bits per heavy atom. The number of benzene rings is 1. The summed E-state index contributed by atoms with van der Waals surface area (Å²) in [5.41, 5.74) is 0.687. The van der Waals surface area contributed by atoms with Gasteiger partial charge in [-0.2, -0.15) is 0 Å². The highest BCUT2D eigenvalue weighted by atomic mass is 32.2. The van der Waals surface area contributed by atoms with Gasteiger partial charge in [-0.3, -0.25) is 19.1 Å². The van der Waals surface area contributed by atoms with E-state index >= 15 is 0 Å². The molecule has 8 heteroatoms. The molecule has 0 saturated carbocycles. The number of carbonyl (C=O) groups is 1. The monoisotopic (exact) mass is 396 g/mol. The number of aromatic amines is 1. The molecule has 0 bridgehead atoms. The number of thioether (sulfide) groups is 1. The molecule has 1 atom stereocenters. The fourth-order valence-electron chi connectivity index (χ4n) is 3.46. The van der Waals surface area contributed by atoms with E-state index in [2.05, 4.69) is 21.4 Å². The topological polar surface area (TPSA) is 96.9 Å². The minimum Gasteiger partial charge on any atom is -0.345 e. The predicted molar refractivity (Wildman–Crippen MR) is 109 cm³/mol. The zero-order valence-electron chi connectivity index (χ0n) is 15.4. The van der Waals surface area contributed by atoms with Crippen LogP contribution in [0.15, 0.2) is 51.0 Å². The zero-order valence-corrected chi connectivity index (χ0v) is 16.2. The van der Waals surface area contributed by atoms with Gasteiger partial charge in [0.1, 0.15) is 5.65 Å². The number of hydrogen-bond acceptors (Lipinski definition) is 5. The van der Waals surface area contributed by atoms with Crippen LogP contribution in [0.3, 0.4) is 0 Å². The normalized spacial score (nSPS) is 16.0. The summed E-state index contributed by atoms with van der Waals surface area (Å²) in [4.78, 5) is 44.8. The van der Waals surface area contributed by atoms with Crippen LogP contribution >= 0.6 is 11.8 Å². The van der Waals surface area contributed by atoms with Crippen molar-refractivity contribution in [3.63, 3.8) is 0 Å². The molecule has 0 saturated heterocycles. The van der Waals surface area contributed by atoms with Gasteiger partial charge in [-0.1, -0.05) is 25.1 Å². The number of pyridine rings is 1. The van der Waals surface area contributed by atoms with E-state index in [0.717, 1.165) is 24.2 Å². The van der Waals surface area contributed by atoms with Gasteiger partial charge in [0, 0.05) is 23.4 Å². The van der Waals surface area contributed by atoms with Crippen LogP contribution in [0.25, 0.3) is 11.0 Å². The van der Waals surface area contributed by atoms with Gasteiger partial charge in [-0.25, -0.2) is 9.78 Å². The molecule has 0 spiro atoms. The number of amides is 1. The first kappa shape index (κ1) is 18.5. The Morgan fingerprint density at radius 2 is 2.18 bits per heavy atom. The molecule has 0 fully saturated rings. The largest absolute Gasteiger partial charge is 0.345 e. The molecule has 1 aromatic carbocycles. The van der Waals surface area contributed by atoms with Gasteiger partial charge in [0.05, 0.1) is 17.0 Å². The molecule has 144 valence electrons. The summed E-state index contributed by atoms with van der Waals surface area (Å²) in [5, 5.41) is 3.29. The predicted octanol–water partition coefficient (Wildman–Crippen LogP) is 2.46. The number of carbonyl (C=O) groups excluding carboxylic acids is 1. The molecule has 3 aromatic rings. The quantitative estimate of drug-likeness (QED) is 0.706. The molecule has 1 aliphatic heterocycles. The van der Waals surface area contributed by atoms with Gasteiger partial charge in [0.25, 0.3) is 11.5 Å². The molecule has 28 heavy (non-hydrogen) atoms. The maximum Gasteiger partial charge on any atom is 0.329 e. The SMILES string of the molecule is CCCn1c(=O)[nH]c(=O)c2cc(C(=O)N[C@@H]3CCSc4ccccc43)cnc21. The molecular weight excluding hydrogens is 376 g/mol. The van der Waals surface area contributed by atoms with Crippen LogP contribution in [0.5, 0.6) is 0 Å². The van der Waals surface area contributed by atoms with E-state index in [0.29, 0.717) is 17.8 Å². The Bertz CT molecular complexity index is 1170. The number of nitrogens with one attached hydrogen (secondary N) is 2. The molecule has 1 aliphatic rings. The minimum absolute atomic E-state index is 0.0759. The van der Waals surface area contributed by atoms with E-state index in [9.17, 15) is 14.4 Å². The molecular formula is C20H20N4O3S. The third kappa shape index (κ3) is 3.35. The van der Waals surface area contributed by atoms with Gasteiger partial charge in [-0.15, -0.1) is 11.8 Å². The highest BCUT2D eigenvalue weighted by molar-refractivity contribution is 7.99. The smallest absolute Gasteiger partial charge is 0.329 e. The summed E-state index contributed by atoms with van der Waals surface area (Å²) in [5.74, 6) is 0.648. The van der Waals surface area contributed by atoms with Gasteiger partial charge in [0.2, 0.25) is 0 Å². The number of aromatic nitrogens is 3. The van der Waals surface area contributed by atoms with Crippen LogP contribution < -0.4 is 16.6 Å². The van der Waals surface area contributed by atoms with Crippen molar-refractivity contribution in [1.29, 1.82) is 0 Å². The van der Waals surface area contributed by atoms with Gasteiger partial charge >= 0.3 is 5.69 Å². The van der Waals surface area contributed by atoms with Crippen molar-refractivity contribution in [2.45, 2.75) is 37.2 Å². The minimum atomic E-state index is -0.533. The maximum atomic E-state index is 12.8. The van der Waals surface area contributed by atoms with E-state index in [1.807, 2.05) is 25.1 Å². The van der Waals surface area contributed by atoms with Crippen molar-refractivity contribution in [3.8, 4) is 0 Å². The van der Waals surface area contributed by atoms with Crippen molar-refractivity contribution in [3.05, 3.63) is 68.5 Å². The van der Waals surface area contributed by atoms with Crippen molar-refractivity contribution < 1.29 is 4.79 Å². The lowest BCUT2D eigenvalue weighted by Crippen LogP contribution is -2.32. The molecule has 4 rings (SSSR count). The standard InChI is InChI=1S/C20H20N4O3S/c1-2-8-24-17-14(19(26)23-20(24)27)10-12(11-21-17)18(25)22-15-7-9-28-16-6-4-3-5-13(15)16/h3-6,10-11,15H,2,7-9H2,1H3,(H,22,25)(H,23,26,27)/t15-/m1/s1. The Labute approximate surface area is 165 Å². The number of rotatable bonds is 4. The molecule has 2 aromatic heterocycles. The molecule has 1 amide bonds. The number of aryl methyl sites for hydroxylation is 1. The number of fused-ring (bicyclic) bond motifs is 2. The van der Waals surface area contributed by atoms with Crippen molar-refractivity contribution in [2.24, 2.45) is 0 Å². The van der Waals surface area contributed by atoms with Crippen LogP contribution in [0.1, 0.15) is 41.7 Å². The van der Waals surface area contributed by atoms with Crippen LogP contribution in [-0.4, -0.2) is 26.2 Å². The Hall–Kier alpha value is -2.87. The summed E-state index contributed by atoms with van der Waals surface area (Å²) in [6.45, 7) is 2.38. The van der Waals surface area contributed by atoms with Gasteiger partial charge in [-0.05, 0) is 30.5 Å². The van der Waals surface area contributed by atoms with Crippen molar-refractivity contribution >= 4 is 28.7 Å². The zero-order chi connectivity index (χ0) is 19.7. The summed E-state index contributed by atoms with van der Waals surface area (Å²) >= 11 is 1.79. The fraction of sp³-hybridized carbons (Fsp3) is 0.300. The Kier molecular flexibility index (Phi) is 5.04. The molecule has 0 radical (unpaired) electrons. The Balaban J connectivity index is 1.68. The van der Waals surface area contributed by atoms with Crippen molar-refractivity contribution in [2.75, 3.05) is 5.75 Å². The van der Waals surface area contributed by atoms with E-state index in [1.54, 1.807) is 11.8 Å². The van der Waals surface area contributed by atoms with E-state index in [1.165, 1.54) is 21.7 Å². The maximum absolute atomic E-state index is 12.8. The number of H-pyrrole nitrogens is 1. The second-order valence-corrected chi connectivity index (χ2v) is 7.84. The average molecular weight is 396 g/mol. The van der Waals surface area contributed by atoms with E-state index < -0.39 is 11.2 Å². The molecule has 7 nitrogen and oxygen atoms in total. The first-order chi connectivity index (χ1) is 13.6. The lowest BCUT2D eigenvalue weighted by molar-refractivity contribution is 0.0935. The fourth-order valence-corrected chi connectivity index (χ4v) is 4.58. The lowest BCUT2D eigenvalue weighted by Gasteiger charge is -2.25. The molecule has 3 heterocycles. The molecule has 2 N–H and O–H groups in total. The second-order valence-electron chi connectivity index (χ2n) is 6.71. The summed E-state index contributed by atoms with van der Waals surface area (Å²) in [7, 11) is 0. The van der Waals surface area contributed by atoms with Crippen LogP contribution in [-0.2, 0) is 6.54 Å². The van der Waals surface area contributed by atoms with Crippen LogP contribution in [0.4, 0.5) is 0 Å². The molecule has 0 aliphatic carbocycles. The first-order valence-electron chi connectivity index (χ1n) is 9.24. The summed E-state index contributed by atoms with van der Waals surface area (Å²) in [6, 6.07) is 9.47. The van der Waals surface area contributed by atoms with Crippen molar-refractivity contribution in [1.82, 2.24) is 19.9 Å². The average Bonchev–Trinajstić information content (AvgIpc) is 2.71. The third-order valence-corrected chi connectivity index (χ3v) is 5.93. The number of nitrogens with zero attached hydrogens (tertiary/aromatic N) is 2. The lowest BCUT2D eigenvalue weighted by atomic mass is 10.0. The molecule has 0 unspecified atom stereocenters. The van der Waals surface area contributed by atoms with Gasteiger partial charge in [0.15, 0.2) is 0 Å². The highest BCUT2D eigenvalue weighted by Crippen LogP contribution is 2.35. The Morgan fingerprint density at radius 3 is 3.00 bits per heavy atom. The summed E-state index contributed by atoms with van der Waals surface area (Å²) in [6.07, 6.45) is 2.99. The van der Waals surface area contributed by atoms with E-state index in [-0.39, 0.29) is 17.3 Å². The second kappa shape index (κ2) is 7.63. The number of hydrogen-bond donors (Lipinski definition) is 2. The highest BCUT2D eigenvalue weighted by Gasteiger charge is 2.23. The van der Waals surface area contributed by atoms with Gasteiger partial charge < -0.3 is 5.32 Å². The van der Waals surface area contributed by atoms with Crippen LogP contribution in [0, 0.1) is 0 Å². The van der Waals surface area contributed by atoms with E-state index in [4.69, 9.17) is 0 Å². The first-order valence-corrected chi connectivity index (χ1v) is 10.2. The van der Waals surface area contributed by atoms with Crippen LogP contribution in [0.2, 0.25) is 0 Å².